The number of hydrogen-bond donors (Lipinski definition) is 3. The maximum Gasteiger partial charge on any atom is 0.338 e. The topological polar surface area (TPSA) is 132 Å². The number of carbonyl (C=O) groups is 3. The van der Waals surface area contributed by atoms with E-state index in [1.54, 1.807) is 37.3 Å². The lowest BCUT2D eigenvalue weighted by Gasteiger charge is -2.13. The Morgan fingerprint density at radius 3 is 2.34 bits per heavy atom. The van der Waals surface area contributed by atoms with Crippen molar-refractivity contribution in [2.45, 2.75) is 20.8 Å². The largest absolute Gasteiger partial charge is 0.478 e. The Hall–Kier alpha value is -4.79. The van der Waals surface area contributed by atoms with Crippen LogP contribution < -0.4 is 10.4 Å². The van der Waals surface area contributed by atoms with Gasteiger partial charge in [-0.25, -0.2) is 9.59 Å². The third-order valence-corrected chi connectivity index (χ3v) is 5.71. The highest BCUT2D eigenvalue weighted by molar-refractivity contribution is 6.71. The summed E-state index contributed by atoms with van der Waals surface area (Å²) in [5.41, 5.74) is 6.65. The number of aryl methyl sites for hydroxylation is 2. The van der Waals surface area contributed by atoms with E-state index in [1.807, 2.05) is 26.0 Å². The average Bonchev–Trinajstić information content (AvgIpc) is 3.12. The number of rotatable bonds is 6. The van der Waals surface area contributed by atoms with Gasteiger partial charge in [0.15, 0.2) is 5.71 Å². The second-order valence-corrected chi connectivity index (χ2v) is 8.06. The van der Waals surface area contributed by atoms with E-state index in [1.165, 1.54) is 23.2 Å². The van der Waals surface area contributed by atoms with Crippen LogP contribution in [0.4, 0.5) is 11.4 Å². The predicted molar refractivity (Wildman–Crippen MR) is 133 cm³/mol. The minimum absolute atomic E-state index is 0.0345. The number of anilines is 2. The molecular weight excluding hydrogens is 448 g/mol. The number of carboxylic acid groups (broad SMARTS) is 2. The summed E-state index contributed by atoms with van der Waals surface area (Å²) in [4.78, 5) is 36.5. The zero-order chi connectivity index (χ0) is 25.3. The molecule has 0 aromatic heterocycles. The smallest absolute Gasteiger partial charge is 0.338 e. The molecule has 0 atom stereocenters. The zero-order valence-electron chi connectivity index (χ0n) is 19.2. The van der Waals surface area contributed by atoms with Crippen LogP contribution in [0.2, 0.25) is 0 Å². The van der Waals surface area contributed by atoms with Crippen molar-refractivity contribution in [2.75, 3.05) is 10.4 Å². The molecule has 1 aliphatic heterocycles. The summed E-state index contributed by atoms with van der Waals surface area (Å²) < 4.78 is 0. The van der Waals surface area contributed by atoms with Crippen molar-refractivity contribution in [3.8, 4) is 11.1 Å². The Morgan fingerprint density at radius 2 is 1.66 bits per heavy atom. The summed E-state index contributed by atoms with van der Waals surface area (Å²) in [6.45, 7) is 5.56. The first-order valence-corrected chi connectivity index (χ1v) is 10.7. The SMILES string of the molecule is CC1=NN(c2ccc(C)c(C)c2)C(=O)/C1=N\Nc1cccc(-c2cccc(C(=O)O)c2)c1C(=O)O. The van der Waals surface area contributed by atoms with Gasteiger partial charge in [-0.1, -0.05) is 30.3 Å². The molecule has 0 saturated carbocycles. The fourth-order valence-corrected chi connectivity index (χ4v) is 3.71. The highest BCUT2D eigenvalue weighted by Gasteiger charge is 2.31. The molecule has 3 aromatic carbocycles. The van der Waals surface area contributed by atoms with Gasteiger partial charge in [0.25, 0.3) is 0 Å². The van der Waals surface area contributed by atoms with Gasteiger partial charge in [0.05, 0.1) is 28.2 Å². The summed E-state index contributed by atoms with van der Waals surface area (Å²) in [7, 11) is 0. The number of nitrogens with zero attached hydrogens (tertiary/aromatic N) is 3. The monoisotopic (exact) mass is 470 g/mol. The van der Waals surface area contributed by atoms with Gasteiger partial charge in [0, 0.05) is 0 Å². The van der Waals surface area contributed by atoms with Gasteiger partial charge in [0.2, 0.25) is 0 Å². The van der Waals surface area contributed by atoms with Crippen molar-refractivity contribution < 1.29 is 24.6 Å². The Kier molecular flexibility index (Phi) is 6.16. The van der Waals surface area contributed by atoms with Crippen molar-refractivity contribution in [2.24, 2.45) is 10.2 Å². The molecule has 176 valence electrons. The van der Waals surface area contributed by atoms with Gasteiger partial charge in [-0.05, 0) is 73.4 Å². The van der Waals surface area contributed by atoms with Crippen LogP contribution in [0.15, 0.2) is 70.9 Å². The molecule has 3 N–H and O–H groups in total. The van der Waals surface area contributed by atoms with E-state index in [9.17, 15) is 24.6 Å². The van der Waals surface area contributed by atoms with E-state index < -0.39 is 17.8 Å². The summed E-state index contributed by atoms with van der Waals surface area (Å²) in [5.74, 6) is -2.79. The van der Waals surface area contributed by atoms with Crippen molar-refractivity contribution >= 4 is 40.6 Å². The quantitative estimate of drug-likeness (QED) is 0.453. The van der Waals surface area contributed by atoms with Gasteiger partial charge in [0.1, 0.15) is 0 Å². The van der Waals surface area contributed by atoms with Gasteiger partial charge in [-0.2, -0.15) is 15.2 Å². The lowest BCUT2D eigenvalue weighted by Crippen LogP contribution is -2.28. The van der Waals surface area contributed by atoms with E-state index in [2.05, 4.69) is 15.6 Å². The van der Waals surface area contributed by atoms with Crippen molar-refractivity contribution in [1.82, 2.24) is 0 Å². The molecule has 1 heterocycles. The van der Waals surface area contributed by atoms with Crippen LogP contribution in [0.5, 0.6) is 0 Å². The number of carbonyl (C=O) groups excluding carboxylic acids is 1. The number of nitrogens with one attached hydrogen (secondary N) is 1. The minimum Gasteiger partial charge on any atom is -0.478 e. The Morgan fingerprint density at radius 1 is 0.914 bits per heavy atom. The zero-order valence-corrected chi connectivity index (χ0v) is 19.2. The molecule has 4 rings (SSSR count). The molecule has 1 amide bonds. The second-order valence-electron chi connectivity index (χ2n) is 8.06. The molecule has 35 heavy (non-hydrogen) atoms. The van der Waals surface area contributed by atoms with Crippen molar-refractivity contribution in [3.05, 3.63) is 82.9 Å². The number of benzene rings is 3. The first kappa shape index (κ1) is 23.4. The van der Waals surface area contributed by atoms with Crippen LogP contribution in [0.3, 0.4) is 0 Å². The molecule has 9 nitrogen and oxygen atoms in total. The minimum atomic E-state index is -1.23. The summed E-state index contributed by atoms with van der Waals surface area (Å²) >= 11 is 0. The van der Waals surface area contributed by atoms with Crippen LogP contribution in [0.25, 0.3) is 11.1 Å². The Labute approximate surface area is 201 Å². The normalized spacial score (nSPS) is 14.3. The fourth-order valence-electron chi connectivity index (χ4n) is 3.71. The summed E-state index contributed by atoms with van der Waals surface area (Å²) in [6.07, 6.45) is 0. The molecule has 0 bridgehead atoms. The van der Waals surface area contributed by atoms with Gasteiger partial charge < -0.3 is 10.2 Å². The first-order chi connectivity index (χ1) is 16.7. The predicted octanol–water partition coefficient (Wildman–Crippen LogP) is 4.56. The number of hydrogen-bond acceptors (Lipinski definition) is 6. The third kappa shape index (κ3) is 4.51. The summed E-state index contributed by atoms with van der Waals surface area (Å²) in [6, 6.07) is 16.3. The van der Waals surface area contributed by atoms with E-state index in [4.69, 9.17) is 0 Å². The highest BCUT2D eigenvalue weighted by Crippen LogP contribution is 2.30. The number of carboxylic acids is 2. The molecule has 1 aliphatic rings. The van der Waals surface area contributed by atoms with Crippen LogP contribution in [0.1, 0.15) is 38.8 Å². The molecule has 9 heteroatoms. The average molecular weight is 470 g/mol. The third-order valence-electron chi connectivity index (χ3n) is 5.71. The lowest BCUT2D eigenvalue weighted by atomic mass is 9.97. The van der Waals surface area contributed by atoms with Crippen molar-refractivity contribution in [1.29, 1.82) is 0 Å². The molecule has 0 unspecified atom stereocenters. The van der Waals surface area contributed by atoms with Crippen LogP contribution in [0, 0.1) is 13.8 Å². The number of aromatic carboxylic acids is 2. The maximum absolute atomic E-state index is 13.0. The van der Waals surface area contributed by atoms with Gasteiger partial charge in [-0.3, -0.25) is 10.2 Å². The molecule has 0 aliphatic carbocycles. The van der Waals surface area contributed by atoms with Gasteiger partial charge in [-0.15, -0.1) is 0 Å². The van der Waals surface area contributed by atoms with Crippen LogP contribution in [-0.2, 0) is 4.79 Å². The molecular formula is C26H22N4O5. The van der Waals surface area contributed by atoms with Crippen molar-refractivity contribution in [3.63, 3.8) is 0 Å². The Bertz CT molecular complexity index is 1440. The van der Waals surface area contributed by atoms with Gasteiger partial charge >= 0.3 is 17.8 Å². The van der Waals surface area contributed by atoms with Crippen LogP contribution in [-0.4, -0.2) is 39.5 Å². The molecule has 0 fully saturated rings. The van der Waals surface area contributed by atoms with E-state index >= 15 is 0 Å². The van der Waals surface area contributed by atoms with Crippen LogP contribution >= 0.6 is 0 Å². The maximum atomic E-state index is 13.0. The van der Waals surface area contributed by atoms with E-state index in [0.29, 0.717) is 22.5 Å². The molecule has 0 spiro atoms. The standard InChI is InChI=1S/C26H22N4O5/c1-14-10-11-19(12-15(14)2)30-24(31)23(16(3)29-30)28-27-21-9-5-8-20(22(21)26(34)35)17-6-4-7-18(13-17)25(32)33/h4-13,27H,1-3H3,(H,32,33)(H,34,35)/b28-23-. The second kappa shape index (κ2) is 9.22. The molecule has 3 aromatic rings. The lowest BCUT2D eigenvalue weighted by molar-refractivity contribution is -0.112. The number of hydrazone groups is 2. The highest BCUT2D eigenvalue weighted by atomic mass is 16.4. The first-order valence-electron chi connectivity index (χ1n) is 10.7. The molecule has 0 radical (unpaired) electrons. The number of amides is 1. The Balaban J connectivity index is 1.68. The summed E-state index contributed by atoms with van der Waals surface area (Å²) in [5, 5.41) is 29.0. The van der Waals surface area contributed by atoms with E-state index in [0.717, 1.165) is 11.1 Å². The molecule has 0 saturated heterocycles. The fraction of sp³-hybridized carbons (Fsp3) is 0.115. The van der Waals surface area contributed by atoms with E-state index in [-0.39, 0.29) is 22.5 Å².